The molecule has 0 atom stereocenters. The Hall–Kier alpha value is -4.07. The summed E-state index contributed by atoms with van der Waals surface area (Å²) in [7, 11) is 0. The highest BCUT2D eigenvalue weighted by atomic mass is 16.1. The van der Waals surface area contributed by atoms with Crippen molar-refractivity contribution >= 4 is 22.6 Å². The van der Waals surface area contributed by atoms with Gasteiger partial charge >= 0.3 is 0 Å². The van der Waals surface area contributed by atoms with Gasteiger partial charge in [-0.15, -0.1) is 6.58 Å². The van der Waals surface area contributed by atoms with Crippen LogP contribution in [0.5, 0.6) is 0 Å². The molecule has 0 aliphatic rings. The first-order valence-electron chi connectivity index (χ1n) is 8.97. The van der Waals surface area contributed by atoms with Gasteiger partial charge in [0, 0.05) is 31.7 Å². The summed E-state index contributed by atoms with van der Waals surface area (Å²) in [5.41, 5.74) is 1.40. The molecule has 1 amide bonds. The third-order valence-corrected chi connectivity index (χ3v) is 4.55. The van der Waals surface area contributed by atoms with Gasteiger partial charge in [-0.05, 0) is 29.8 Å². The van der Waals surface area contributed by atoms with Crippen LogP contribution in [0.1, 0.15) is 15.9 Å². The van der Waals surface area contributed by atoms with E-state index in [0.717, 1.165) is 5.56 Å². The summed E-state index contributed by atoms with van der Waals surface area (Å²) in [6.07, 6.45) is 6.53. The lowest BCUT2D eigenvalue weighted by atomic mass is 10.2. The van der Waals surface area contributed by atoms with Gasteiger partial charge in [-0.1, -0.05) is 18.2 Å². The van der Waals surface area contributed by atoms with Gasteiger partial charge in [-0.25, -0.2) is 4.98 Å². The molecule has 144 valence electrons. The first kappa shape index (κ1) is 18.3. The summed E-state index contributed by atoms with van der Waals surface area (Å²) in [5.74, 6) is -0.448. The molecule has 8 heteroatoms. The van der Waals surface area contributed by atoms with Gasteiger partial charge in [-0.2, -0.15) is 0 Å². The Kier molecular flexibility index (Phi) is 4.74. The molecular weight excluding hydrogens is 368 g/mol. The molecule has 0 spiro atoms. The summed E-state index contributed by atoms with van der Waals surface area (Å²) >= 11 is 0. The van der Waals surface area contributed by atoms with Gasteiger partial charge in [0.15, 0.2) is 0 Å². The van der Waals surface area contributed by atoms with E-state index in [4.69, 9.17) is 5.41 Å². The number of carbonyl (C=O) groups is 1. The quantitative estimate of drug-likeness (QED) is 0.402. The highest BCUT2D eigenvalue weighted by Crippen LogP contribution is 2.10. The predicted octanol–water partition coefficient (Wildman–Crippen LogP) is 1.64. The second-order valence-electron chi connectivity index (χ2n) is 6.43. The van der Waals surface area contributed by atoms with E-state index in [0.29, 0.717) is 11.3 Å². The molecule has 4 aromatic heterocycles. The highest BCUT2D eigenvalue weighted by molar-refractivity contribution is 5.96. The molecule has 0 saturated heterocycles. The molecule has 29 heavy (non-hydrogen) atoms. The minimum absolute atomic E-state index is 0.0340. The van der Waals surface area contributed by atoms with Crippen molar-refractivity contribution in [3.05, 3.63) is 94.6 Å². The van der Waals surface area contributed by atoms with E-state index in [1.165, 1.54) is 15.0 Å². The molecule has 8 nitrogen and oxygen atoms in total. The molecular formula is C21H18N6O2. The van der Waals surface area contributed by atoms with E-state index in [-0.39, 0.29) is 35.1 Å². The van der Waals surface area contributed by atoms with Crippen LogP contribution in [0.15, 0.2) is 72.4 Å². The number of nitrogens with one attached hydrogen (secondary N) is 2. The number of fused-ring (bicyclic) bond motifs is 2. The van der Waals surface area contributed by atoms with Crippen molar-refractivity contribution in [2.45, 2.75) is 13.1 Å². The van der Waals surface area contributed by atoms with E-state index in [2.05, 4.69) is 21.9 Å². The fourth-order valence-corrected chi connectivity index (χ4v) is 3.15. The lowest BCUT2D eigenvalue weighted by Gasteiger charge is -2.13. The Labute approximate surface area is 165 Å². The molecule has 4 rings (SSSR count). The molecule has 0 aliphatic heterocycles. The predicted molar refractivity (Wildman–Crippen MR) is 108 cm³/mol. The van der Waals surface area contributed by atoms with Gasteiger partial charge in [0.1, 0.15) is 16.8 Å². The Bertz CT molecular complexity index is 1350. The zero-order valence-electron chi connectivity index (χ0n) is 15.5. The summed E-state index contributed by atoms with van der Waals surface area (Å²) in [6.45, 7) is 4.23. The van der Waals surface area contributed by atoms with Gasteiger partial charge in [0.2, 0.25) is 0 Å². The van der Waals surface area contributed by atoms with Gasteiger partial charge in [-0.3, -0.25) is 24.4 Å². The number of allylic oxidation sites excluding steroid dienone is 1. The Balaban J connectivity index is 1.87. The topological polar surface area (TPSA) is 105 Å². The maximum Gasteiger partial charge on any atom is 0.267 e. The number of aromatic nitrogens is 4. The number of amides is 1. The molecule has 0 bridgehead atoms. The third-order valence-electron chi connectivity index (χ3n) is 4.55. The van der Waals surface area contributed by atoms with E-state index in [1.54, 1.807) is 48.9 Å². The molecule has 0 aliphatic carbocycles. The minimum atomic E-state index is -0.448. The Morgan fingerprint density at radius 2 is 2.14 bits per heavy atom. The van der Waals surface area contributed by atoms with Crippen LogP contribution in [0, 0.1) is 5.41 Å². The molecule has 0 fully saturated rings. The minimum Gasteiger partial charge on any atom is -0.348 e. The maximum absolute atomic E-state index is 13.0. The molecule has 0 aromatic carbocycles. The summed E-state index contributed by atoms with van der Waals surface area (Å²) in [5, 5.41) is 11.6. The van der Waals surface area contributed by atoms with Gasteiger partial charge in [0.05, 0.1) is 10.9 Å². The lowest BCUT2D eigenvalue weighted by molar-refractivity contribution is 0.0948. The zero-order chi connectivity index (χ0) is 20.4. The maximum atomic E-state index is 13.0. The first-order valence-corrected chi connectivity index (χ1v) is 8.97. The first-order chi connectivity index (χ1) is 14.1. The van der Waals surface area contributed by atoms with Crippen molar-refractivity contribution in [2.24, 2.45) is 0 Å². The van der Waals surface area contributed by atoms with Gasteiger partial charge < -0.3 is 9.88 Å². The van der Waals surface area contributed by atoms with Crippen LogP contribution in [0.4, 0.5) is 0 Å². The number of pyridine rings is 3. The van der Waals surface area contributed by atoms with Crippen LogP contribution in [0.3, 0.4) is 0 Å². The molecule has 0 radical (unpaired) electrons. The number of nitrogens with zero attached hydrogens (tertiary/aromatic N) is 4. The molecule has 0 unspecified atom stereocenters. The third kappa shape index (κ3) is 3.31. The second-order valence-corrected chi connectivity index (χ2v) is 6.43. The number of hydrogen-bond donors (Lipinski definition) is 2. The number of carbonyl (C=O) groups excluding carboxylic acids is 1. The smallest absolute Gasteiger partial charge is 0.267 e. The molecule has 2 N–H and O–H groups in total. The monoisotopic (exact) mass is 386 g/mol. The molecule has 4 heterocycles. The highest BCUT2D eigenvalue weighted by Gasteiger charge is 2.17. The fourth-order valence-electron chi connectivity index (χ4n) is 3.15. The van der Waals surface area contributed by atoms with E-state index in [1.807, 2.05) is 6.07 Å². The lowest BCUT2D eigenvalue weighted by Crippen LogP contribution is -2.34. The second kappa shape index (κ2) is 7.51. The summed E-state index contributed by atoms with van der Waals surface area (Å²) in [4.78, 5) is 34.3. The fraction of sp³-hybridized carbons (Fsp3) is 0.0952. The molecule has 4 aromatic rings. The zero-order valence-corrected chi connectivity index (χ0v) is 15.5. The van der Waals surface area contributed by atoms with Crippen molar-refractivity contribution in [3.63, 3.8) is 0 Å². The van der Waals surface area contributed by atoms with Gasteiger partial charge in [0.25, 0.3) is 11.5 Å². The number of rotatable bonds is 5. The van der Waals surface area contributed by atoms with Crippen LogP contribution in [-0.2, 0) is 13.1 Å². The van der Waals surface area contributed by atoms with Crippen molar-refractivity contribution in [3.8, 4) is 0 Å². The van der Waals surface area contributed by atoms with Crippen LogP contribution in [0.2, 0.25) is 0 Å². The average molecular weight is 386 g/mol. The Morgan fingerprint density at radius 3 is 2.90 bits per heavy atom. The normalized spacial score (nSPS) is 10.9. The average Bonchev–Trinajstić information content (AvgIpc) is 2.75. The van der Waals surface area contributed by atoms with Crippen molar-refractivity contribution in [1.82, 2.24) is 24.3 Å². The van der Waals surface area contributed by atoms with E-state index < -0.39 is 5.91 Å². The van der Waals surface area contributed by atoms with Crippen LogP contribution in [0.25, 0.3) is 16.7 Å². The SMILES string of the molecule is C=CCn1c(=N)c(C(=O)NCc2cccnc2)cc2c(=O)n3ccccc3nc21. The van der Waals surface area contributed by atoms with Crippen LogP contribution >= 0.6 is 0 Å². The van der Waals surface area contributed by atoms with E-state index in [9.17, 15) is 9.59 Å². The van der Waals surface area contributed by atoms with Crippen LogP contribution < -0.4 is 16.4 Å². The van der Waals surface area contributed by atoms with Crippen molar-refractivity contribution in [2.75, 3.05) is 0 Å². The number of hydrogen-bond acceptors (Lipinski definition) is 5. The van der Waals surface area contributed by atoms with Crippen LogP contribution in [-0.4, -0.2) is 24.8 Å². The summed E-state index contributed by atoms with van der Waals surface area (Å²) in [6, 6.07) is 10.3. The Morgan fingerprint density at radius 1 is 1.28 bits per heavy atom. The largest absolute Gasteiger partial charge is 0.348 e. The van der Waals surface area contributed by atoms with Crippen molar-refractivity contribution < 1.29 is 4.79 Å². The van der Waals surface area contributed by atoms with E-state index >= 15 is 0 Å². The summed E-state index contributed by atoms with van der Waals surface area (Å²) < 4.78 is 2.93. The molecule has 0 saturated carbocycles. The standard InChI is InChI=1S/C21H18N6O2/c1-2-9-27-18(22)15(20(28)24-13-14-6-5-8-23-12-14)11-16-19(27)25-17-7-3-4-10-26(17)21(16)29/h2-8,10-12,22H,1,9,13H2,(H,24,28). The van der Waals surface area contributed by atoms with Crippen molar-refractivity contribution in [1.29, 1.82) is 5.41 Å².